The van der Waals surface area contributed by atoms with Gasteiger partial charge in [-0.15, -0.1) is 0 Å². The third-order valence-corrected chi connectivity index (χ3v) is 4.04. The van der Waals surface area contributed by atoms with Gasteiger partial charge in [-0.3, -0.25) is 9.80 Å². The topological polar surface area (TPSA) is 58.5 Å². The van der Waals surface area contributed by atoms with Crippen molar-refractivity contribution in [3.8, 4) is 0 Å². The van der Waals surface area contributed by atoms with Gasteiger partial charge in [-0.05, 0) is 20.3 Å². The van der Waals surface area contributed by atoms with E-state index in [2.05, 4.69) is 21.9 Å². The maximum atomic E-state index is 6.01. The van der Waals surface area contributed by atoms with E-state index in [0.29, 0.717) is 6.04 Å². The zero-order chi connectivity index (χ0) is 13.8. The predicted molar refractivity (Wildman–Crippen MR) is 76.0 cm³/mol. The lowest BCUT2D eigenvalue weighted by Gasteiger charge is -2.35. The number of hydrogen-bond acceptors (Lipinski definition) is 5. The highest BCUT2D eigenvalue weighted by atomic mass is 16.5. The van der Waals surface area contributed by atoms with Crippen molar-refractivity contribution < 1.29 is 4.52 Å². The zero-order valence-corrected chi connectivity index (χ0v) is 12.4. The Morgan fingerprint density at radius 2 is 1.84 bits per heavy atom. The summed E-state index contributed by atoms with van der Waals surface area (Å²) >= 11 is 0. The molecule has 1 aromatic heterocycles. The molecule has 1 aromatic rings. The molecule has 2 heterocycles. The molecule has 2 rings (SSSR count). The summed E-state index contributed by atoms with van der Waals surface area (Å²) in [7, 11) is 0. The average molecular weight is 266 g/mol. The maximum absolute atomic E-state index is 6.01. The third-order valence-electron chi connectivity index (χ3n) is 4.04. The van der Waals surface area contributed by atoms with Crippen molar-refractivity contribution in [1.29, 1.82) is 0 Å². The zero-order valence-electron chi connectivity index (χ0n) is 12.4. The molecule has 0 saturated carbocycles. The molecule has 0 spiro atoms. The molecule has 0 aromatic carbocycles. The van der Waals surface area contributed by atoms with Crippen LogP contribution < -0.4 is 5.73 Å². The Balaban J connectivity index is 1.81. The molecule has 1 aliphatic heterocycles. The van der Waals surface area contributed by atoms with Crippen molar-refractivity contribution in [3.63, 3.8) is 0 Å². The summed E-state index contributed by atoms with van der Waals surface area (Å²) in [5.41, 5.74) is 8.28. The first-order valence-corrected chi connectivity index (χ1v) is 7.22. The van der Waals surface area contributed by atoms with Crippen molar-refractivity contribution in [3.05, 3.63) is 17.0 Å². The van der Waals surface area contributed by atoms with Crippen molar-refractivity contribution >= 4 is 0 Å². The minimum Gasteiger partial charge on any atom is -0.361 e. The van der Waals surface area contributed by atoms with E-state index >= 15 is 0 Å². The van der Waals surface area contributed by atoms with E-state index in [9.17, 15) is 0 Å². The van der Waals surface area contributed by atoms with Gasteiger partial charge in [0.1, 0.15) is 5.76 Å². The average Bonchev–Trinajstić information content (AvgIpc) is 2.72. The number of nitrogens with two attached hydrogens (primary N) is 1. The Hall–Kier alpha value is -0.910. The number of piperazine rings is 1. The highest BCUT2D eigenvalue weighted by Crippen LogP contribution is 2.16. The van der Waals surface area contributed by atoms with Crippen LogP contribution in [0.1, 0.15) is 30.4 Å². The second-order valence-corrected chi connectivity index (χ2v) is 5.55. The molecule has 5 heteroatoms. The van der Waals surface area contributed by atoms with Crippen LogP contribution in [0.3, 0.4) is 0 Å². The quantitative estimate of drug-likeness (QED) is 0.866. The Bertz CT molecular complexity index is 377. The fraction of sp³-hybridized carbons (Fsp3) is 0.786. The van der Waals surface area contributed by atoms with Gasteiger partial charge < -0.3 is 10.3 Å². The minimum atomic E-state index is 0.314. The van der Waals surface area contributed by atoms with Gasteiger partial charge in [0.05, 0.1) is 5.69 Å². The van der Waals surface area contributed by atoms with E-state index in [0.717, 1.165) is 57.1 Å². The molecule has 108 valence electrons. The van der Waals surface area contributed by atoms with Gasteiger partial charge in [0.15, 0.2) is 0 Å². The van der Waals surface area contributed by atoms with Crippen LogP contribution in [0.15, 0.2) is 4.52 Å². The number of aromatic nitrogens is 1. The SMILES string of the molecule is CCC(N)CN1CCN(Cc2c(C)noc2C)CC1. The normalized spacial score (nSPS) is 19.8. The van der Waals surface area contributed by atoms with Crippen LogP contribution in [0.5, 0.6) is 0 Å². The van der Waals surface area contributed by atoms with Gasteiger partial charge in [0, 0.05) is 50.9 Å². The molecule has 1 saturated heterocycles. The van der Waals surface area contributed by atoms with Gasteiger partial charge in [0.25, 0.3) is 0 Å². The molecule has 2 N–H and O–H groups in total. The molecular weight excluding hydrogens is 240 g/mol. The number of rotatable bonds is 5. The van der Waals surface area contributed by atoms with Gasteiger partial charge in [-0.2, -0.15) is 0 Å². The summed E-state index contributed by atoms with van der Waals surface area (Å²) in [6.07, 6.45) is 1.05. The molecule has 0 amide bonds. The minimum absolute atomic E-state index is 0.314. The molecule has 0 aliphatic carbocycles. The fourth-order valence-electron chi connectivity index (χ4n) is 2.54. The largest absolute Gasteiger partial charge is 0.361 e. The van der Waals surface area contributed by atoms with E-state index in [-0.39, 0.29) is 0 Å². The predicted octanol–water partition coefficient (Wildman–Crippen LogP) is 1.15. The molecule has 5 nitrogen and oxygen atoms in total. The van der Waals surface area contributed by atoms with Gasteiger partial charge in [0.2, 0.25) is 0 Å². The van der Waals surface area contributed by atoms with E-state index in [1.165, 1.54) is 5.56 Å². The first kappa shape index (κ1) is 14.5. The van der Waals surface area contributed by atoms with Gasteiger partial charge in [-0.1, -0.05) is 12.1 Å². The first-order valence-electron chi connectivity index (χ1n) is 7.22. The van der Waals surface area contributed by atoms with E-state index in [1.807, 2.05) is 13.8 Å². The van der Waals surface area contributed by atoms with Crippen LogP contribution in [-0.4, -0.2) is 53.7 Å². The summed E-state index contributed by atoms with van der Waals surface area (Å²) < 4.78 is 5.22. The molecule has 1 fully saturated rings. The summed E-state index contributed by atoms with van der Waals surface area (Å²) in [5.74, 6) is 0.952. The lowest BCUT2D eigenvalue weighted by Crippen LogP contribution is -2.49. The Morgan fingerprint density at radius 1 is 1.21 bits per heavy atom. The fourth-order valence-corrected chi connectivity index (χ4v) is 2.54. The van der Waals surface area contributed by atoms with Crippen molar-refractivity contribution in [2.24, 2.45) is 5.73 Å². The molecule has 1 unspecified atom stereocenters. The Kier molecular flexibility index (Phi) is 4.96. The highest BCUT2D eigenvalue weighted by molar-refractivity contribution is 5.20. The summed E-state index contributed by atoms with van der Waals surface area (Å²) in [6, 6.07) is 0.314. The molecule has 0 bridgehead atoms. The van der Waals surface area contributed by atoms with Crippen LogP contribution >= 0.6 is 0 Å². The lowest BCUT2D eigenvalue weighted by molar-refractivity contribution is 0.121. The lowest BCUT2D eigenvalue weighted by atomic mass is 10.1. The van der Waals surface area contributed by atoms with Crippen molar-refractivity contribution in [1.82, 2.24) is 15.0 Å². The summed E-state index contributed by atoms with van der Waals surface area (Å²) in [4.78, 5) is 4.94. The summed E-state index contributed by atoms with van der Waals surface area (Å²) in [6.45, 7) is 12.5. The third kappa shape index (κ3) is 3.78. The standard InChI is InChI=1S/C14H26N4O/c1-4-13(15)9-17-5-7-18(8-6-17)10-14-11(2)16-19-12(14)3/h13H,4-10,15H2,1-3H3. The smallest absolute Gasteiger partial charge is 0.138 e. The monoisotopic (exact) mass is 266 g/mol. The summed E-state index contributed by atoms with van der Waals surface area (Å²) in [5, 5.41) is 4.02. The van der Waals surface area contributed by atoms with Crippen LogP contribution in [0, 0.1) is 13.8 Å². The molecule has 19 heavy (non-hydrogen) atoms. The van der Waals surface area contributed by atoms with Crippen LogP contribution in [0.4, 0.5) is 0 Å². The van der Waals surface area contributed by atoms with Gasteiger partial charge in [-0.25, -0.2) is 0 Å². The Morgan fingerprint density at radius 3 is 2.37 bits per heavy atom. The Labute approximate surface area is 115 Å². The highest BCUT2D eigenvalue weighted by Gasteiger charge is 2.20. The van der Waals surface area contributed by atoms with E-state index in [4.69, 9.17) is 10.3 Å². The molecule has 1 aliphatic rings. The maximum Gasteiger partial charge on any atom is 0.138 e. The molecule has 0 radical (unpaired) electrons. The van der Waals surface area contributed by atoms with Crippen LogP contribution in [0.25, 0.3) is 0 Å². The van der Waals surface area contributed by atoms with Crippen molar-refractivity contribution in [2.75, 3.05) is 32.7 Å². The van der Waals surface area contributed by atoms with Crippen LogP contribution in [-0.2, 0) is 6.54 Å². The van der Waals surface area contributed by atoms with Crippen LogP contribution in [0.2, 0.25) is 0 Å². The van der Waals surface area contributed by atoms with Gasteiger partial charge >= 0.3 is 0 Å². The number of aryl methyl sites for hydroxylation is 2. The van der Waals surface area contributed by atoms with Crippen molar-refractivity contribution in [2.45, 2.75) is 39.8 Å². The first-order chi connectivity index (χ1) is 9.10. The second-order valence-electron chi connectivity index (χ2n) is 5.55. The van der Waals surface area contributed by atoms with E-state index < -0.39 is 0 Å². The molecule has 1 atom stereocenters. The number of nitrogens with zero attached hydrogens (tertiary/aromatic N) is 3. The number of hydrogen-bond donors (Lipinski definition) is 1. The van der Waals surface area contributed by atoms with E-state index in [1.54, 1.807) is 0 Å². The second kappa shape index (κ2) is 6.50. The molecular formula is C14H26N4O.